The van der Waals surface area contributed by atoms with E-state index in [1.54, 1.807) is 6.07 Å². The molecule has 1 N–H and O–H groups in total. The van der Waals surface area contributed by atoms with Crippen LogP contribution in [-0.2, 0) is 16.0 Å². The number of nitrogens with zero attached hydrogens (tertiary/aromatic N) is 3. The third kappa shape index (κ3) is 4.09. The van der Waals surface area contributed by atoms with Gasteiger partial charge >= 0.3 is 6.18 Å². The number of pyridine rings is 1. The highest BCUT2D eigenvalue weighted by atomic mass is 32.2. The Bertz CT molecular complexity index is 1240. The van der Waals surface area contributed by atoms with Gasteiger partial charge in [0.25, 0.3) is 5.56 Å². The third-order valence-electron chi connectivity index (χ3n) is 4.88. The van der Waals surface area contributed by atoms with Crippen molar-refractivity contribution in [1.29, 1.82) is 5.26 Å². The molecule has 3 rings (SSSR count). The van der Waals surface area contributed by atoms with Crippen LogP contribution in [0.3, 0.4) is 0 Å². The minimum atomic E-state index is -4.56. The molecule has 11 heteroatoms. The van der Waals surface area contributed by atoms with Crippen LogP contribution >= 0.6 is 0 Å². The zero-order chi connectivity index (χ0) is 22.3. The van der Waals surface area contributed by atoms with Crippen molar-refractivity contribution in [2.45, 2.75) is 25.6 Å². The molecule has 1 aliphatic heterocycles. The Labute approximate surface area is 169 Å². The van der Waals surface area contributed by atoms with Crippen LogP contribution in [0, 0.1) is 18.3 Å². The number of sulfone groups is 1. The number of hydrogen-bond acceptors (Lipinski definition) is 6. The number of nitriles is 1. The second kappa shape index (κ2) is 7.60. The van der Waals surface area contributed by atoms with Crippen molar-refractivity contribution in [2.75, 3.05) is 11.5 Å². The fraction of sp³-hybridized carbons (Fsp3) is 0.316. The zero-order valence-corrected chi connectivity index (χ0v) is 16.5. The first-order valence-electron chi connectivity index (χ1n) is 8.74. The molecule has 2 heterocycles. The van der Waals surface area contributed by atoms with E-state index in [4.69, 9.17) is 0 Å². The molecule has 30 heavy (non-hydrogen) atoms. The van der Waals surface area contributed by atoms with Crippen LogP contribution in [-0.4, -0.2) is 35.8 Å². The Morgan fingerprint density at radius 3 is 2.63 bits per heavy atom. The second-order valence-corrected chi connectivity index (χ2v) is 9.12. The maximum absolute atomic E-state index is 12.9. The summed E-state index contributed by atoms with van der Waals surface area (Å²) in [6, 6.07) is 5.08. The van der Waals surface area contributed by atoms with E-state index in [1.807, 2.05) is 0 Å². The molecule has 1 saturated heterocycles. The molecule has 2 aromatic rings. The predicted molar refractivity (Wildman–Crippen MR) is 103 cm³/mol. The van der Waals surface area contributed by atoms with E-state index in [0.717, 1.165) is 22.9 Å². The molecule has 0 bridgehead atoms. The number of aliphatic imine (C=N–C) groups is 1. The summed E-state index contributed by atoms with van der Waals surface area (Å²) in [6.45, 7) is 1.39. The van der Waals surface area contributed by atoms with E-state index in [1.165, 1.54) is 19.1 Å². The normalized spacial score (nSPS) is 18.6. The number of halogens is 3. The van der Waals surface area contributed by atoms with Crippen molar-refractivity contribution in [3.05, 3.63) is 56.9 Å². The number of rotatable bonds is 3. The van der Waals surface area contributed by atoms with Gasteiger partial charge in [0.1, 0.15) is 11.6 Å². The average molecular weight is 439 g/mol. The average Bonchev–Trinajstić information content (AvgIpc) is 3.01. The van der Waals surface area contributed by atoms with Gasteiger partial charge in [-0.25, -0.2) is 8.42 Å². The van der Waals surface area contributed by atoms with Gasteiger partial charge in [-0.2, -0.15) is 18.4 Å². The lowest BCUT2D eigenvalue weighted by molar-refractivity contribution is -0.137. The first kappa shape index (κ1) is 21.6. The van der Waals surface area contributed by atoms with E-state index < -0.39 is 39.1 Å². The van der Waals surface area contributed by atoms with Crippen LogP contribution in [0.1, 0.15) is 34.7 Å². The van der Waals surface area contributed by atoms with Gasteiger partial charge in [0.2, 0.25) is 5.88 Å². The molecule has 1 fully saturated rings. The molecular formula is C19H16F3N3O4S. The van der Waals surface area contributed by atoms with Crippen molar-refractivity contribution < 1.29 is 26.7 Å². The summed E-state index contributed by atoms with van der Waals surface area (Å²) >= 11 is 0. The molecule has 0 radical (unpaired) electrons. The fourth-order valence-electron chi connectivity index (χ4n) is 3.31. The van der Waals surface area contributed by atoms with Crippen LogP contribution in [0.25, 0.3) is 0 Å². The van der Waals surface area contributed by atoms with Gasteiger partial charge in [-0.1, -0.05) is 6.07 Å². The summed E-state index contributed by atoms with van der Waals surface area (Å²) in [4.78, 5) is 16.6. The molecule has 7 nitrogen and oxygen atoms in total. The molecule has 0 spiro atoms. The van der Waals surface area contributed by atoms with Crippen molar-refractivity contribution >= 4 is 21.7 Å². The largest absolute Gasteiger partial charge is 0.494 e. The Hall–Kier alpha value is -3.13. The summed E-state index contributed by atoms with van der Waals surface area (Å²) in [7, 11) is -3.39. The van der Waals surface area contributed by atoms with E-state index in [-0.39, 0.29) is 40.3 Å². The van der Waals surface area contributed by atoms with E-state index >= 15 is 0 Å². The van der Waals surface area contributed by atoms with Crippen LogP contribution in [0.15, 0.2) is 34.1 Å². The molecule has 0 amide bonds. The Morgan fingerprint density at radius 2 is 2.07 bits per heavy atom. The van der Waals surface area contributed by atoms with Gasteiger partial charge in [-0.3, -0.25) is 14.4 Å². The van der Waals surface area contributed by atoms with Crippen molar-refractivity contribution in [3.8, 4) is 11.9 Å². The van der Waals surface area contributed by atoms with Crippen LogP contribution in [0.4, 0.5) is 18.9 Å². The number of alkyl halides is 3. The highest BCUT2D eigenvalue weighted by Gasteiger charge is 2.33. The Kier molecular flexibility index (Phi) is 5.47. The first-order valence-corrected chi connectivity index (χ1v) is 10.6. The van der Waals surface area contributed by atoms with Crippen molar-refractivity contribution in [1.82, 2.24) is 4.57 Å². The standard InChI is InChI=1S/C19H16F3N3O4S/c1-11-15(8-23)17(26)25(14-5-6-30(28,29)10-14)18(27)16(11)9-24-13-4-2-3-12(7-13)19(20,21)22/h2-4,7,9,14,27H,5-6,10H2,1H3. The maximum Gasteiger partial charge on any atom is 0.416 e. The van der Waals surface area contributed by atoms with Gasteiger partial charge in [-0.15, -0.1) is 0 Å². The number of aromatic hydroxyl groups is 1. The minimum Gasteiger partial charge on any atom is -0.494 e. The highest BCUT2D eigenvalue weighted by molar-refractivity contribution is 7.91. The van der Waals surface area contributed by atoms with Crippen LogP contribution in [0.2, 0.25) is 0 Å². The number of benzene rings is 1. The number of aromatic nitrogens is 1. The van der Waals surface area contributed by atoms with Gasteiger partial charge in [0, 0.05) is 6.21 Å². The smallest absolute Gasteiger partial charge is 0.416 e. The first-order chi connectivity index (χ1) is 13.9. The SMILES string of the molecule is Cc1c(C=Nc2cccc(C(F)(F)F)c2)c(O)n(C2CCS(=O)(=O)C2)c(=O)c1C#N. The summed E-state index contributed by atoms with van der Waals surface area (Å²) in [5.74, 6) is -1.11. The lowest BCUT2D eigenvalue weighted by Gasteiger charge is -2.18. The minimum absolute atomic E-state index is 0.0483. The molecule has 1 aromatic carbocycles. The monoisotopic (exact) mass is 439 g/mol. The summed E-state index contributed by atoms with van der Waals surface area (Å²) < 4.78 is 63.1. The van der Waals surface area contributed by atoms with Gasteiger partial charge in [-0.05, 0) is 37.1 Å². The topological polar surface area (TPSA) is 113 Å². The molecular weight excluding hydrogens is 423 g/mol. The van der Waals surface area contributed by atoms with Crippen LogP contribution in [0.5, 0.6) is 5.88 Å². The predicted octanol–water partition coefficient (Wildman–Crippen LogP) is 2.86. The second-order valence-electron chi connectivity index (χ2n) is 6.89. The van der Waals surface area contributed by atoms with Gasteiger partial charge < -0.3 is 5.11 Å². The van der Waals surface area contributed by atoms with E-state index in [0.29, 0.717) is 0 Å². The molecule has 158 valence electrons. The Balaban J connectivity index is 2.12. The maximum atomic E-state index is 12.9. The van der Waals surface area contributed by atoms with Crippen LogP contribution < -0.4 is 5.56 Å². The van der Waals surface area contributed by atoms with Gasteiger partial charge in [0.05, 0.1) is 34.4 Å². The fourth-order valence-corrected chi connectivity index (χ4v) is 5.01. The van der Waals surface area contributed by atoms with Crippen molar-refractivity contribution in [2.24, 2.45) is 4.99 Å². The molecule has 0 saturated carbocycles. The molecule has 1 aliphatic rings. The molecule has 1 unspecified atom stereocenters. The van der Waals surface area contributed by atoms with E-state index in [2.05, 4.69) is 4.99 Å². The molecule has 0 aliphatic carbocycles. The number of hydrogen-bond donors (Lipinski definition) is 1. The summed E-state index contributed by atoms with van der Waals surface area (Å²) in [5.41, 5.74) is -2.05. The van der Waals surface area contributed by atoms with Gasteiger partial charge in [0.15, 0.2) is 9.84 Å². The summed E-state index contributed by atoms with van der Waals surface area (Å²) in [5, 5.41) is 20.0. The lowest BCUT2D eigenvalue weighted by Crippen LogP contribution is -2.29. The molecule has 1 atom stereocenters. The van der Waals surface area contributed by atoms with E-state index in [9.17, 15) is 36.8 Å². The zero-order valence-electron chi connectivity index (χ0n) is 15.6. The molecule has 1 aromatic heterocycles. The quantitative estimate of drug-likeness (QED) is 0.739. The lowest BCUT2D eigenvalue weighted by atomic mass is 10.0. The summed E-state index contributed by atoms with van der Waals surface area (Å²) in [6.07, 6.45) is -3.41. The van der Waals surface area contributed by atoms with Crippen molar-refractivity contribution in [3.63, 3.8) is 0 Å². The Morgan fingerprint density at radius 1 is 1.37 bits per heavy atom. The third-order valence-corrected chi connectivity index (χ3v) is 6.63. The highest BCUT2D eigenvalue weighted by Crippen LogP contribution is 2.32.